The molecule has 0 spiro atoms. The summed E-state index contributed by atoms with van der Waals surface area (Å²) in [5.74, 6) is 0.343. The molecule has 0 aromatic carbocycles. The van der Waals surface area contributed by atoms with E-state index in [9.17, 15) is 4.79 Å². The number of ether oxygens (including phenoxy) is 1. The largest absolute Gasteiger partial charge is 0.365 e. The Morgan fingerprint density at radius 3 is 2.18 bits per heavy atom. The molecule has 11 heavy (non-hydrogen) atoms. The van der Waals surface area contributed by atoms with Crippen LogP contribution < -0.4 is 5.32 Å². The van der Waals surface area contributed by atoms with E-state index in [0.717, 1.165) is 19.9 Å². The molecule has 66 valence electrons. The van der Waals surface area contributed by atoms with Gasteiger partial charge in [-0.05, 0) is 0 Å². The highest BCUT2D eigenvalue weighted by atomic mass is 16.5. The number of Topliss-reactive ketones (excluding diaryl/α,β-unsaturated/α-hetero) is 1. The summed E-state index contributed by atoms with van der Waals surface area (Å²) in [5.41, 5.74) is 0. The highest BCUT2D eigenvalue weighted by Crippen LogP contribution is 1.83. The highest BCUT2D eigenvalue weighted by molar-refractivity contribution is 5.77. The van der Waals surface area contributed by atoms with E-state index in [4.69, 9.17) is 4.74 Å². The van der Waals surface area contributed by atoms with Crippen molar-refractivity contribution in [1.82, 2.24) is 5.32 Å². The number of hydrogen-bond donors (Lipinski definition) is 1. The maximum atomic E-state index is 10.2. The molecule has 1 N–H and O–H groups in total. The Hall–Kier alpha value is -0.410. The van der Waals surface area contributed by atoms with Gasteiger partial charge in [-0.25, -0.2) is 0 Å². The third kappa shape index (κ3) is 7.49. The van der Waals surface area contributed by atoms with Crippen molar-refractivity contribution in [3.8, 4) is 0 Å². The van der Waals surface area contributed by atoms with Crippen LogP contribution in [0.15, 0.2) is 0 Å². The van der Waals surface area contributed by atoms with E-state index in [1.165, 1.54) is 0 Å². The molecule has 1 aliphatic rings. The van der Waals surface area contributed by atoms with Crippen molar-refractivity contribution >= 4 is 5.78 Å². The summed E-state index contributed by atoms with van der Waals surface area (Å²) >= 11 is 0. The van der Waals surface area contributed by atoms with Crippen molar-refractivity contribution < 1.29 is 9.53 Å². The van der Waals surface area contributed by atoms with E-state index in [1.807, 2.05) is 13.8 Å². The minimum Gasteiger partial charge on any atom is -0.365 e. The number of rotatable bonds is 2. The van der Waals surface area contributed by atoms with Gasteiger partial charge in [-0.3, -0.25) is 10.1 Å². The Morgan fingerprint density at radius 1 is 1.45 bits per heavy atom. The fraction of sp³-hybridized carbons (Fsp3) is 0.875. The third-order valence-electron chi connectivity index (χ3n) is 1.42. The second-order valence-corrected chi connectivity index (χ2v) is 2.30. The topological polar surface area (TPSA) is 38.3 Å². The summed E-state index contributed by atoms with van der Waals surface area (Å²) in [4.78, 5) is 10.2. The van der Waals surface area contributed by atoms with Crippen LogP contribution in [0.5, 0.6) is 0 Å². The quantitative estimate of drug-likeness (QED) is 0.651. The lowest BCUT2D eigenvalue weighted by Crippen LogP contribution is -2.05. The van der Waals surface area contributed by atoms with Crippen LogP contribution in [0.2, 0.25) is 0 Å². The van der Waals surface area contributed by atoms with Crippen molar-refractivity contribution in [3.63, 3.8) is 0 Å². The predicted molar refractivity (Wildman–Crippen MR) is 44.4 cm³/mol. The number of carbonyl (C=O) groups excluding carboxylic acids is 1. The molecule has 1 aliphatic heterocycles. The standard InChI is InChI=1S/C5H10O.C3H7NO/c1-3-5(6)4-2;1-2-5-3-4-1/h3-4H2,1-2H3;4H,1-3H2. The number of nitrogens with one attached hydrogen (secondary N) is 1. The van der Waals surface area contributed by atoms with Gasteiger partial charge in [0.25, 0.3) is 0 Å². The lowest BCUT2D eigenvalue weighted by atomic mass is 10.3. The normalized spacial score (nSPS) is 15.5. The Labute approximate surface area is 68.1 Å². The molecule has 1 saturated heterocycles. The van der Waals surface area contributed by atoms with Crippen molar-refractivity contribution in [2.24, 2.45) is 0 Å². The van der Waals surface area contributed by atoms with Crippen LogP contribution in [-0.2, 0) is 9.53 Å². The van der Waals surface area contributed by atoms with E-state index < -0.39 is 0 Å². The van der Waals surface area contributed by atoms with E-state index in [1.54, 1.807) is 0 Å². The van der Waals surface area contributed by atoms with Crippen LogP contribution in [0.3, 0.4) is 0 Å². The summed E-state index contributed by atoms with van der Waals surface area (Å²) in [5, 5.41) is 3.00. The molecular weight excluding hydrogens is 142 g/mol. The average molecular weight is 159 g/mol. The van der Waals surface area contributed by atoms with Crippen LogP contribution in [-0.4, -0.2) is 25.7 Å². The van der Waals surface area contributed by atoms with Gasteiger partial charge in [-0.15, -0.1) is 0 Å². The Bertz CT molecular complexity index is 86.7. The molecule has 0 amide bonds. The first-order valence-electron chi connectivity index (χ1n) is 4.11. The molecule has 0 aliphatic carbocycles. The summed E-state index contributed by atoms with van der Waals surface area (Å²) in [6.45, 7) is 6.43. The van der Waals surface area contributed by atoms with Gasteiger partial charge in [0, 0.05) is 19.4 Å². The van der Waals surface area contributed by atoms with Crippen molar-refractivity contribution in [2.45, 2.75) is 26.7 Å². The molecule has 0 radical (unpaired) electrons. The molecule has 0 atom stereocenters. The molecular formula is C8H17NO2. The van der Waals surface area contributed by atoms with E-state index in [2.05, 4.69) is 5.32 Å². The van der Waals surface area contributed by atoms with Crippen LogP contribution in [0.25, 0.3) is 0 Å². The van der Waals surface area contributed by atoms with Gasteiger partial charge in [-0.2, -0.15) is 0 Å². The molecule has 3 nitrogen and oxygen atoms in total. The fourth-order valence-electron chi connectivity index (χ4n) is 0.611. The van der Waals surface area contributed by atoms with Gasteiger partial charge in [-0.1, -0.05) is 13.8 Å². The van der Waals surface area contributed by atoms with Gasteiger partial charge >= 0.3 is 0 Å². The van der Waals surface area contributed by atoms with E-state index in [0.29, 0.717) is 18.6 Å². The monoisotopic (exact) mass is 159 g/mol. The van der Waals surface area contributed by atoms with Gasteiger partial charge < -0.3 is 4.74 Å². The zero-order valence-corrected chi connectivity index (χ0v) is 7.35. The van der Waals surface area contributed by atoms with Crippen LogP contribution in [0, 0.1) is 0 Å². The fourth-order valence-corrected chi connectivity index (χ4v) is 0.611. The van der Waals surface area contributed by atoms with Gasteiger partial charge in [0.05, 0.1) is 13.3 Å². The van der Waals surface area contributed by atoms with Crippen LogP contribution in [0.1, 0.15) is 26.7 Å². The number of ketones is 1. The van der Waals surface area contributed by atoms with E-state index >= 15 is 0 Å². The smallest absolute Gasteiger partial charge is 0.132 e. The zero-order chi connectivity index (χ0) is 8.53. The molecule has 0 aromatic rings. The summed E-state index contributed by atoms with van der Waals surface area (Å²) in [6.07, 6.45) is 1.38. The molecule has 0 aromatic heterocycles. The van der Waals surface area contributed by atoms with Gasteiger partial charge in [0.1, 0.15) is 5.78 Å². The molecule has 0 bridgehead atoms. The zero-order valence-electron chi connectivity index (χ0n) is 7.35. The Morgan fingerprint density at radius 2 is 2.09 bits per heavy atom. The average Bonchev–Trinajstić information content (AvgIpc) is 2.60. The summed E-state index contributed by atoms with van der Waals surface area (Å²) < 4.78 is 4.83. The molecule has 1 fully saturated rings. The van der Waals surface area contributed by atoms with Crippen molar-refractivity contribution in [3.05, 3.63) is 0 Å². The first-order chi connectivity index (χ1) is 5.31. The molecule has 1 heterocycles. The third-order valence-corrected chi connectivity index (χ3v) is 1.42. The van der Waals surface area contributed by atoms with Crippen molar-refractivity contribution in [2.75, 3.05) is 19.9 Å². The first kappa shape index (κ1) is 10.6. The number of hydrogen-bond acceptors (Lipinski definition) is 3. The van der Waals surface area contributed by atoms with Crippen LogP contribution >= 0.6 is 0 Å². The lowest BCUT2D eigenvalue weighted by molar-refractivity contribution is -0.118. The Balaban J connectivity index is 0.000000183. The lowest BCUT2D eigenvalue weighted by Gasteiger charge is -1.81. The minimum atomic E-state index is 0.343. The Kier molecular flexibility index (Phi) is 7.41. The predicted octanol–water partition coefficient (Wildman–Crippen LogP) is 0.939. The van der Waals surface area contributed by atoms with Crippen molar-refractivity contribution in [1.29, 1.82) is 0 Å². The number of carbonyl (C=O) groups is 1. The summed E-state index contributed by atoms with van der Waals surface area (Å²) in [7, 11) is 0. The maximum absolute atomic E-state index is 10.2. The van der Waals surface area contributed by atoms with Gasteiger partial charge in [0.2, 0.25) is 0 Å². The SMILES string of the molecule is C1COCN1.CCC(=O)CC. The second kappa shape index (κ2) is 7.69. The maximum Gasteiger partial charge on any atom is 0.132 e. The minimum absolute atomic E-state index is 0.343. The molecule has 3 heteroatoms. The second-order valence-electron chi connectivity index (χ2n) is 2.30. The molecule has 0 saturated carbocycles. The molecule has 1 rings (SSSR count). The van der Waals surface area contributed by atoms with Gasteiger partial charge in [0.15, 0.2) is 0 Å². The first-order valence-corrected chi connectivity index (χ1v) is 4.11. The molecule has 0 unspecified atom stereocenters. The highest BCUT2D eigenvalue weighted by Gasteiger charge is 1.92. The van der Waals surface area contributed by atoms with E-state index in [-0.39, 0.29) is 0 Å². The van der Waals surface area contributed by atoms with Crippen LogP contribution in [0.4, 0.5) is 0 Å². The summed E-state index contributed by atoms with van der Waals surface area (Å²) in [6, 6.07) is 0.